The molecule has 2 N–H and O–H groups in total. The SMILES string of the molecule is O=c1[nH]ccc(CCCO)c1F. The van der Waals surface area contributed by atoms with Crippen LogP contribution in [0.5, 0.6) is 0 Å². The first-order chi connectivity index (χ1) is 5.75. The molecule has 0 unspecified atom stereocenters. The molecule has 1 rings (SSSR count). The highest BCUT2D eigenvalue weighted by atomic mass is 19.1. The van der Waals surface area contributed by atoms with E-state index >= 15 is 0 Å². The van der Waals surface area contributed by atoms with Crippen LogP contribution in [0.1, 0.15) is 12.0 Å². The van der Waals surface area contributed by atoms with E-state index < -0.39 is 11.4 Å². The monoisotopic (exact) mass is 171 g/mol. The number of aryl methyl sites for hydroxylation is 1. The summed E-state index contributed by atoms with van der Waals surface area (Å²) in [6, 6.07) is 1.51. The van der Waals surface area contributed by atoms with E-state index in [2.05, 4.69) is 4.98 Å². The smallest absolute Gasteiger partial charge is 0.284 e. The van der Waals surface area contributed by atoms with Crippen LogP contribution in [0.15, 0.2) is 17.1 Å². The Bertz CT molecular complexity index is 308. The summed E-state index contributed by atoms with van der Waals surface area (Å²) >= 11 is 0. The third-order valence-corrected chi connectivity index (χ3v) is 1.58. The van der Waals surface area contributed by atoms with Crippen LogP contribution >= 0.6 is 0 Å². The molecule has 0 aromatic carbocycles. The molecule has 0 atom stereocenters. The third kappa shape index (κ3) is 1.92. The maximum absolute atomic E-state index is 12.9. The van der Waals surface area contributed by atoms with Gasteiger partial charge in [-0.2, -0.15) is 0 Å². The average molecular weight is 171 g/mol. The van der Waals surface area contributed by atoms with Crippen LogP contribution in [-0.2, 0) is 6.42 Å². The van der Waals surface area contributed by atoms with E-state index in [0.717, 1.165) is 0 Å². The molecule has 0 saturated heterocycles. The van der Waals surface area contributed by atoms with Gasteiger partial charge in [-0.15, -0.1) is 0 Å². The number of aliphatic hydroxyl groups is 1. The molecule has 0 radical (unpaired) electrons. The minimum atomic E-state index is -0.744. The van der Waals surface area contributed by atoms with Gasteiger partial charge in [-0.25, -0.2) is 4.39 Å². The molecule has 66 valence electrons. The minimum Gasteiger partial charge on any atom is -0.396 e. The maximum atomic E-state index is 12.9. The van der Waals surface area contributed by atoms with E-state index in [1.165, 1.54) is 12.3 Å². The molecule has 0 spiro atoms. The molecule has 3 nitrogen and oxygen atoms in total. The van der Waals surface area contributed by atoms with Crippen molar-refractivity contribution in [2.45, 2.75) is 12.8 Å². The van der Waals surface area contributed by atoms with Gasteiger partial charge in [-0.3, -0.25) is 4.79 Å². The number of nitrogens with one attached hydrogen (secondary N) is 1. The zero-order chi connectivity index (χ0) is 8.97. The molecular formula is C8H10FNO2. The maximum Gasteiger partial charge on any atom is 0.284 e. The molecule has 0 aliphatic carbocycles. The third-order valence-electron chi connectivity index (χ3n) is 1.58. The highest BCUT2D eigenvalue weighted by molar-refractivity contribution is 5.12. The Morgan fingerprint density at radius 1 is 1.58 bits per heavy atom. The Labute approximate surface area is 68.9 Å². The van der Waals surface area contributed by atoms with Crippen LogP contribution in [0, 0.1) is 5.82 Å². The quantitative estimate of drug-likeness (QED) is 0.693. The van der Waals surface area contributed by atoms with Crippen LogP contribution in [0.3, 0.4) is 0 Å². The molecule has 12 heavy (non-hydrogen) atoms. The van der Waals surface area contributed by atoms with Gasteiger partial charge in [-0.05, 0) is 24.5 Å². The number of halogens is 1. The van der Waals surface area contributed by atoms with Crippen LogP contribution in [0.25, 0.3) is 0 Å². The number of aliphatic hydroxyl groups excluding tert-OH is 1. The van der Waals surface area contributed by atoms with E-state index in [4.69, 9.17) is 5.11 Å². The summed E-state index contributed by atoms with van der Waals surface area (Å²) in [5.41, 5.74) is -0.349. The van der Waals surface area contributed by atoms with Crippen molar-refractivity contribution in [1.82, 2.24) is 4.98 Å². The lowest BCUT2D eigenvalue weighted by molar-refractivity contribution is 0.288. The summed E-state index contributed by atoms with van der Waals surface area (Å²) in [6.07, 6.45) is 2.27. The van der Waals surface area contributed by atoms with Crippen molar-refractivity contribution in [3.8, 4) is 0 Å². The topological polar surface area (TPSA) is 53.1 Å². The fourth-order valence-electron chi connectivity index (χ4n) is 0.963. The Kier molecular flexibility index (Phi) is 2.99. The van der Waals surface area contributed by atoms with E-state index in [9.17, 15) is 9.18 Å². The first-order valence-electron chi connectivity index (χ1n) is 3.72. The summed E-state index contributed by atoms with van der Waals surface area (Å²) in [6.45, 7) is 0.00619. The van der Waals surface area contributed by atoms with Crippen molar-refractivity contribution in [2.75, 3.05) is 6.61 Å². The van der Waals surface area contributed by atoms with Gasteiger partial charge in [0, 0.05) is 12.8 Å². The van der Waals surface area contributed by atoms with E-state index in [1.807, 2.05) is 0 Å². The second-order valence-corrected chi connectivity index (χ2v) is 2.47. The van der Waals surface area contributed by atoms with Crippen molar-refractivity contribution in [3.05, 3.63) is 34.0 Å². The van der Waals surface area contributed by atoms with Gasteiger partial charge < -0.3 is 10.1 Å². The number of pyridine rings is 1. The number of hydrogen-bond acceptors (Lipinski definition) is 2. The van der Waals surface area contributed by atoms with Gasteiger partial charge >= 0.3 is 0 Å². The van der Waals surface area contributed by atoms with Crippen molar-refractivity contribution >= 4 is 0 Å². The van der Waals surface area contributed by atoms with Gasteiger partial charge in [0.1, 0.15) is 0 Å². The fourth-order valence-corrected chi connectivity index (χ4v) is 0.963. The van der Waals surface area contributed by atoms with Crippen LogP contribution in [0.2, 0.25) is 0 Å². The molecule has 0 saturated carbocycles. The highest BCUT2D eigenvalue weighted by Gasteiger charge is 2.04. The standard InChI is InChI=1S/C8H10FNO2/c9-7-6(2-1-5-11)3-4-10-8(7)12/h3-4,11H,1-2,5H2,(H,10,12). The average Bonchev–Trinajstić information content (AvgIpc) is 2.08. The number of aromatic nitrogens is 1. The van der Waals surface area contributed by atoms with Crippen molar-refractivity contribution < 1.29 is 9.50 Å². The van der Waals surface area contributed by atoms with Gasteiger partial charge in [-0.1, -0.05) is 0 Å². The zero-order valence-corrected chi connectivity index (χ0v) is 6.51. The van der Waals surface area contributed by atoms with Crippen LogP contribution in [-0.4, -0.2) is 16.7 Å². The second kappa shape index (κ2) is 4.01. The van der Waals surface area contributed by atoms with Crippen molar-refractivity contribution in [2.24, 2.45) is 0 Å². The Morgan fingerprint density at radius 2 is 2.33 bits per heavy atom. The van der Waals surface area contributed by atoms with Gasteiger partial charge in [0.2, 0.25) is 0 Å². The lowest BCUT2D eigenvalue weighted by atomic mass is 10.1. The Balaban J connectivity index is 2.85. The summed E-state index contributed by atoms with van der Waals surface area (Å²) in [5.74, 6) is -0.744. The first kappa shape index (κ1) is 8.93. The summed E-state index contributed by atoms with van der Waals surface area (Å²) in [4.78, 5) is 12.9. The number of hydrogen-bond donors (Lipinski definition) is 2. The van der Waals surface area contributed by atoms with Gasteiger partial charge in [0.25, 0.3) is 5.56 Å². The molecule has 1 aromatic heterocycles. The normalized spacial score (nSPS) is 10.2. The number of rotatable bonds is 3. The summed E-state index contributed by atoms with van der Waals surface area (Å²) in [7, 11) is 0. The number of aromatic amines is 1. The molecule has 0 amide bonds. The van der Waals surface area contributed by atoms with Crippen LogP contribution in [0.4, 0.5) is 4.39 Å². The fraction of sp³-hybridized carbons (Fsp3) is 0.375. The Morgan fingerprint density at radius 3 is 3.00 bits per heavy atom. The molecule has 4 heteroatoms. The zero-order valence-electron chi connectivity index (χ0n) is 6.51. The lowest BCUT2D eigenvalue weighted by Gasteiger charge is -1.98. The minimum absolute atomic E-state index is 0.00619. The van der Waals surface area contributed by atoms with Crippen molar-refractivity contribution in [1.29, 1.82) is 0 Å². The predicted molar refractivity (Wildman–Crippen MR) is 42.4 cm³/mol. The predicted octanol–water partition coefficient (Wildman–Crippen LogP) is 0.439. The van der Waals surface area contributed by atoms with Gasteiger partial charge in [0.15, 0.2) is 5.82 Å². The molecular weight excluding hydrogens is 161 g/mol. The van der Waals surface area contributed by atoms with E-state index in [0.29, 0.717) is 18.4 Å². The highest BCUT2D eigenvalue weighted by Crippen LogP contribution is 2.03. The van der Waals surface area contributed by atoms with Gasteiger partial charge in [0.05, 0.1) is 0 Å². The summed E-state index contributed by atoms with van der Waals surface area (Å²) < 4.78 is 12.9. The first-order valence-corrected chi connectivity index (χ1v) is 3.72. The molecule has 0 bridgehead atoms. The lowest BCUT2D eigenvalue weighted by Crippen LogP contribution is -2.12. The number of H-pyrrole nitrogens is 1. The Hall–Kier alpha value is -1.16. The summed E-state index contributed by atoms with van der Waals surface area (Å²) in [5, 5.41) is 8.48. The largest absolute Gasteiger partial charge is 0.396 e. The second-order valence-electron chi connectivity index (χ2n) is 2.47. The molecule has 1 aromatic rings. The van der Waals surface area contributed by atoms with Crippen molar-refractivity contribution in [3.63, 3.8) is 0 Å². The molecule has 0 aliphatic rings. The van der Waals surface area contributed by atoms with E-state index in [-0.39, 0.29) is 6.61 Å². The van der Waals surface area contributed by atoms with E-state index in [1.54, 1.807) is 0 Å². The van der Waals surface area contributed by atoms with Crippen LogP contribution < -0.4 is 5.56 Å². The molecule has 0 aliphatic heterocycles. The molecule has 1 heterocycles. The molecule has 0 fully saturated rings.